The van der Waals surface area contributed by atoms with Crippen LogP contribution in [-0.4, -0.2) is 29.4 Å². The van der Waals surface area contributed by atoms with Crippen LogP contribution < -0.4 is 29.6 Å². The summed E-state index contributed by atoms with van der Waals surface area (Å²) in [6.07, 6.45) is 18.0. The van der Waals surface area contributed by atoms with Gasteiger partial charge in [0.05, 0.1) is 16.2 Å². The number of aliphatic hydroxyl groups excluding tert-OH is 1. The van der Waals surface area contributed by atoms with E-state index in [4.69, 9.17) is 0 Å². The van der Waals surface area contributed by atoms with Gasteiger partial charge in [0.25, 0.3) is 0 Å². The van der Waals surface area contributed by atoms with E-state index in [1.807, 2.05) is 0 Å². The fourth-order valence-corrected chi connectivity index (χ4v) is 4.61. The van der Waals surface area contributed by atoms with E-state index in [9.17, 15) is 18.1 Å². The third-order valence-electron chi connectivity index (χ3n) is 5.47. The molecule has 4 nitrogen and oxygen atoms in total. The third kappa shape index (κ3) is 20.2. The zero-order chi connectivity index (χ0) is 20.4. The molecule has 0 aliphatic carbocycles. The van der Waals surface area contributed by atoms with Gasteiger partial charge in [-0.05, 0) is 25.7 Å². The molecule has 0 amide bonds. The van der Waals surface area contributed by atoms with Crippen LogP contribution in [0.3, 0.4) is 0 Å². The van der Waals surface area contributed by atoms with Gasteiger partial charge in [-0.2, -0.15) is 0 Å². The predicted molar refractivity (Wildman–Crippen MR) is 114 cm³/mol. The first-order valence-corrected chi connectivity index (χ1v) is 13.0. The van der Waals surface area contributed by atoms with Gasteiger partial charge >= 0.3 is 29.6 Å². The van der Waals surface area contributed by atoms with E-state index < -0.39 is 15.4 Å². The number of hydrogen-bond donors (Lipinski definition) is 1. The molecule has 0 saturated carbocycles. The number of hydrogen-bond acceptors (Lipinski definition) is 4. The van der Waals surface area contributed by atoms with Crippen LogP contribution in [0.25, 0.3) is 0 Å². The second-order valence-electron chi connectivity index (χ2n) is 8.17. The van der Waals surface area contributed by atoms with Gasteiger partial charge in [-0.15, -0.1) is 0 Å². The first kappa shape index (κ1) is 31.1. The monoisotopic (exact) mass is 428 g/mol. The van der Waals surface area contributed by atoms with E-state index in [2.05, 4.69) is 13.8 Å². The van der Waals surface area contributed by atoms with Crippen LogP contribution in [0.2, 0.25) is 0 Å². The van der Waals surface area contributed by atoms with Crippen molar-refractivity contribution < 1.29 is 47.6 Å². The minimum atomic E-state index is -4.17. The maximum atomic E-state index is 11.5. The van der Waals surface area contributed by atoms with E-state index in [1.165, 1.54) is 32.1 Å². The molecule has 0 aliphatic rings. The summed E-state index contributed by atoms with van der Waals surface area (Å²) in [4.78, 5) is 0. The van der Waals surface area contributed by atoms with E-state index >= 15 is 0 Å². The summed E-state index contributed by atoms with van der Waals surface area (Å²) in [5.74, 6) is 0. The standard InChI is InChI=1S/C22H46O4S.Na/c1-3-5-6-7-8-9-12-15-19-22(27(24,25)26)20-16-13-10-11-14-18-21(23)17-4-2;/h21-23H,3-20H2,1-2H3,(H,24,25,26);/q;+1/p-1. The quantitative estimate of drug-likeness (QED) is 0.183. The van der Waals surface area contributed by atoms with Gasteiger partial charge in [0.1, 0.15) is 0 Å². The summed E-state index contributed by atoms with van der Waals surface area (Å²) >= 11 is 0. The normalized spacial score (nSPS) is 13.9. The SMILES string of the molecule is CCCCCCCCCCC(CCCCCCCC(O)CCC)S(=O)(=O)[O-].[Na+]. The summed E-state index contributed by atoms with van der Waals surface area (Å²) in [7, 11) is -4.17. The van der Waals surface area contributed by atoms with Crippen LogP contribution >= 0.6 is 0 Å². The van der Waals surface area contributed by atoms with Gasteiger partial charge in [0.2, 0.25) is 0 Å². The second kappa shape index (κ2) is 21.1. The molecule has 164 valence electrons. The smallest absolute Gasteiger partial charge is 0.748 e. The van der Waals surface area contributed by atoms with Crippen LogP contribution in [0, 0.1) is 0 Å². The van der Waals surface area contributed by atoms with Crippen molar-refractivity contribution in [2.45, 2.75) is 141 Å². The molecular formula is C22H45NaO4S. The molecule has 0 spiro atoms. The Morgan fingerprint density at radius 1 is 0.643 bits per heavy atom. The van der Waals surface area contributed by atoms with E-state index in [1.54, 1.807) is 0 Å². The fraction of sp³-hybridized carbons (Fsp3) is 1.00. The molecular weight excluding hydrogens is 383 g/mol. The average molecular weight is 429 g/mol. The van der Waals surface area contributed by atoms with Crippen molar-refractivity contribution in [3.05, 3.63) is 0 Å². The zero-order valence-electron chi connectivity index (χ0n) is 19.0. The summed E-state index contributed by atoms with van der Waals surface area (Å²) in [6.45, 7) is 4.29. The maximum absolute atomic E-state index is 11.5. The van der Waals surface area contributed by atoms with E-state index in [0.29, 0.717) is 12.8 Å². The molecule has 0 aliphatic heterocycles. The molecule has 6 heteroatoms. The van der Waals surface area contributed by atoms with Crippen molar-refractivity contribution in [2.24, 2.45) is 0 Å². The first-order valence-electron chi connectivity index (χ1n) is 11.5. The molecule has 0 aromatic rings. The Hall–Kier alpha value is 0.870. The van der Waals surface area contributed by atoms with Crippen LogP contribution in [0.15, 0.2) is 0 Å². The molecule has 0 rings (SSSR count). The molecule has 1 N–H and O–H groups in total. The fourth-order valence-electron chi connectivity index (χ4n) is 3.70. The molecule has 2 unspecified atom stereocenters. The summed E-state index contributed by atoms with van der Waals surface area (Å²) in [6, 6.07) is 0. The van der Waals surface area contributed by atoms with Crippen molar-refractivity contribution in [3.8, 4) is 0 Å². The van der Waals surface area contributed by atoms with Crippen molar-refractivity contribution in [1.82, 2.24) is 0 Å². The van der Waals surface area contributed by atoms with Crippen LogP contribution in [0.1, 0.15) is 129 Å². The topological polar surface area (TPSA) is 77.4 Å². The average Bonchev–Trinajstić information content (AvgIpc) is 2.60. The van der Waals surface area contributed by atoms with E-state index in [0.717, 1.165) is 70.6 Å². The Labute approximate surface area is 197 Å². The Bertz CT molecular complexity index is 415. The van der Waals surface area contributed by atoms with E-state index in [-0.39, 0.29) is 35.7 Å². The summed E-state index contributed by atoms with van der Waals surface area (Å²) < 4.78 is 34.5. The minimum absolute atomic E-state index is 0. The summed E-state index contributed by atoms with van der Waals surface area (Å²) in [5, 5.41) is 9.00. The molecule has 0 aromatic heterocycles. The Kier molecular flexibility index (Phi) is 23.4. The van der Waals surface area contributed by atoms with Crippen molar-refractivity contribution in [1.29, 1.82) is 0 Å². The number of rotatable bonds is 20. The molecule has 0 radical (unpaired) electrons. The van der Waals surface area contributed by atoms with Gasteiger partial charge < -0.3 is 9.66 Å². The molecule has 0 heterocycles. The van der Waals surface area contributed by atoms with Crippen molar-refractivity contribution in [2.75, 3.05) is 0 Å². The molecule has 28 heavy (non-hydrogen) atoms. The molecule has 0 saturated heterocycles. The molecule has 0 aromatic carbocycles. The predicted octanol–water partition coefficient (Wildman–Crippen LogP) is 3.33. The van der Waals surface area contributed by atoms with Crippen molar-refractivity contribution >= 4 is 10.1 Å². The molecule has 0 fully saturated rings. The largest absolute Gasteiger partial charge is 1.00 e. The van der Waals surface area contributed by atoms with Crippen LogP contribution in [-0.2, 0) is 10.1 Å². The molecule has 2 atom stereocenters. The Morgan fingerprint density at radius 3 is 1.43 bits per heavy atom. The Morgan fingerprint density at radius 2 is 1.04 bits per heavy atom. The number of aliphatic hydroxyl groups is 1. The molecule has 0 bridgehead atoms. The Balaban J connectivity index is 0. The van der Waals surface area contributed by atoms with Crippen LogP contribution in [0.4, 0.5) is 0 Å². The second-order valence-corrected chi connectivity index (χ2v) is 9.82. The van der Waals surface area contributed by atoms with Crippen LogP contribution in [0.5, 0.6) is 0 Å². The van der Waals surface area contributed by atoms with Gasteiger partial charge in [-0.1, -0.05) is 104 Å². The van der Waals surface area contributed by atoms with Gasteiger partial charge in [0.15, 0.2) is 0 Å². The van der Waals surface area contributed by atoms with Crippen molar-refractivity contribution in [3.63, 3.8) is 0 Å². The number of unbranched alkanes of at least 4 members (excludes halogenated alkanes) is 11. The summed E-state index contributed by atoms with van der Waals surface area (Å²) in [5.41, 5.74) is 0. The third-order valence-corrected chi connectivity index (χ3v) is 6.76. The minimum Gasteiger partial charge on any atom is -0.748 e. The van der Waals surface area contributed by atoms with Gasteiger partial charge in [-0.25, -0.2) is 8.42 Å². The first-order chi connectivity index (χ1) is 12.9. The van der Waals surface area contributed by atoms with Gasteiger partial charge in [0, 0.05) is 5.25 Å². The van der Waals surface area contributed by atoms with Gasteiger partial charge in [-0.3, -0.25) is 0 Å². The zero-order valence-corrected chi connectivity index (χ0v) is 21.8. The maximum Gasteiger partial charge on any atom is 1.00 e.